The van der Waals surface area contributed by atoms with Crippen LogP contribution in [-0.4, -0.2) is 26.1 Å². The van der Waals surface area contributed by atoms with Crippen LogP contribution in [0.15, 0.2) is 72.8 Å². The summed E-state index contributed by atoms with van der Waals surface area (Å²) in [6, 6.07) is 21.5. The molecule has 0 radical (unpaired) electrons. The van der Waals surface area contributed by atoms with Crippen molar-refractivity contribution in [1.29, 1.82) is 5.26 Å². The number of aryl methyl sites for hydroxylation is 1. The van der Waals surface area contributed by atoms with E-state index in [1.807, 2.05) is 6.07 Å². The van der Waals surface area contributed by atoms with E-state index in [0.717, 1.165) is 11.1 Å². The Hall–Kier alpha value is -4.58. The molecular weight excluding hydrogens is 435 g/mol. The van der Waals surface area contributed by atoms with Crippen molar-refractivity contribution < 1.29 is 13.9 Å². The maximum absolute atomic E-state index is 13.3. The van der Waals surface area contributed by atoms with E-state index in [4.69, 9.17) is 10.00 Å². The first-order valence-corrected chi connectivity index (χ1v) is 10.5. The highest BCUT2D eigenvalue weighted by molar-refractivity contribution is 5.94. The second-order valence-electron chi connectivity index (χ2n) is 7.63. The van der Waals surface area contributed by atoms with E-state index < -0.39 is 6.04 Å². The molecular formula is C25H21FN6O2. The third-order valence-electron chi connectivity index (χ3n) is 5.16. The lowest BCUT2D eigenvalue weighted by Gasteiger charge is -2.18. The van der Waals surface area contributed by atoms with Gasteiger partial charge in [-0.2, -0.15) is 5.26 Å². The minimum Gasteiger partial charge on any atom is -0.489 e. The Morgan fingerprint density at radius 3 is 2.65 bits per heavy atom. The molecule has 0 aliphatic heterocycles. The lowest BCUT2D eigenvalue weighted by molar-refractivity contribution is -0.119. The van der Waals surface area contributed by atoms with Crippen molar-refractivity contribution in [3.63, 3.8) is 0 Å². The Kier molecular flexibility index (Phi) is 6.89. The summed E-state index contributed by atoms with van der Waals surface area (Å²) in [6.45, 7) is 1.99. The van der Waals surface area contributed by atoms with Crippen LogP contribution in [0, 0.1) is 24.1 Å². The van der Waals surface area contributed by atoms with Crippen molar-refractivity contribution in [3.8, 4) is 11.8 Å². The van der Waals surface area contributed by atoms with Gasteiger partial charge in [-0.05, 0) is 64.9 Å². The molecule has 0 bridgehead atoms. The first-order valence-electron chi connectivity index (χ1n) is 10.5. The average Bonchev–Trinajstić information content (AvgIpc) is 3.28. The SMILES string of the molecule is Cc1nnnn1C(Cc1ccc(F)cc1)C(=O)Nc1cccc(OCc2cccc(C#N)c2)c1. The van der Waals surface area contributed by atoms with Gasteiger partial charge in [0.1, 0.15) is 30.0 Å². The van der Waals surface area contributed by atoms with Crippen LogP contribution in [-0.2, 0) is 17.8 Å². The van der Waals surface area contributed by atoms with Crippen LogP contribution < -0.4 is 10.1 Å². The van der Waals surface area contributed by atoms with Gasteiger partial charge in [-0.3, -0.25) is 4.79 Å². The maximum atomic E-state index is 13.3. The Morgan fingerprint density at radius 2 is 1.91 bits per heavy atom. The number of hydrogen-bond donors (Lipinski definition) is 1. The Labute approximate surface area is 195 Å². The number of rotatable bonds is 8. The van der Waals surface area contributed by atoms with Gasteiger partial charge in [0.2, 0.25) is 5.91 Å². The van der Waals surface area contributed by atoms with Gasteiger partial charge < -0.3 is 10.1 Å². The van der Waals surface area contributed by atoms with Crippen LogP contribution in [0.4, 0.5) is 10.1 Å². The van der Waals surface area contributed by atoms with Gasteiger partial charge in [0, 0.05) is 18.2 Å². The van der Waals surface area contributed by atoms with Crippen LogP contribution in [0.1, 0.15) is 28.6 Å². The zero-order chi connectivity index (χ0) is 23.9. The quantitative estimate of drug-likeness (QED) is 0.430. The average molecular weight is 456 g/mol. The van der Waals surface area contributed by atoms with E-state index in [1.165, 1.54) is 16.8 Å². The molecule has 9 heteroatoms. The van der Waals surface area contributed by atoms with E-state index in [0.29, 0.717) is 22.8 Å². The highest BCUT2D eigenvalue weighted by Crippen LogP contribution is 2.22. The largest absolute Gasteiger partial charge is 0.489 e. The second-order valence-corrected chi connectivity index (χ2v) is 7.63. The predicted octanol–water partition coefficient (Wildman–Crippen LogP) is 3.99. The molecule has 0 aliphatic carbocycles. The van der Waals surface area contributed by atoms with E-state index in [2.05, 4.69) is 26.9 Å². The number of halogens is 1. The molecule has 8 nitrogen and oxygen atoms in total. The van der Waals surface area contributed by atoms with Crippen molar-refractivity contribution in [3.05, 3.63) is 101 Å². The number of hydrogen-bond acceptors (Lipinski definition) is 6. The number of ether oxygens (including phenoxy) is 1. The summed E-state index contributed by atoms with van der Waals surface area (Å²) < 4.78 is 20.6. The van der Waals surface area contributed by atoms with Crippen LogP contribution in [0.5, 0.6) is 5.75 Å². The molecule has 0 saturated carbocycles. The third-order valence-corrected chi connectivity index (χ3v) is 5.16. The predicted molar refractivity (Wildman–Crippen MR) is 122 cm³/mol. The van der Waals surface area contributed by atoms with Gasteiger partial charge in [-0.1, -0.05) is 30.3 Å². The number of anilines is 1. The molecule has 1 atom stereocenters. The number of nitriles is 1. The van der Waals surface area contributed by atoms with Crippen molar-refractivity contribution in [2.75, 3.05) is 5.32 Å². The van der Waals surface area contributed by atoms with Crippen LogP contribution >= 0.6 is 0 Å². The molecule has 34 heavy (non-hydrogen) atoms. The molecule has 4 aromatic rings. The van der Waals surface area contributed by atoms with Crippen LogP contribution in [0.3, 0.4) is 0 Å². The fourth-order valence-corrected chi connectivity index (χ4v) is 3.45. The molecule has 170 valence electrons. The summed E-state index contributed by atoms with van der Waals surface area (Å²) in [5.41, 5.74) is 2.74. The standard InChI is InChI=1S/C25H21FN6O2/c1-17-29-30-31-32(17)24(13-18-8-10-21(26)11-9-18)25(33)28-22-6-3-7-23(14-22)34-16-20-5-2-4-19(12-20)15-27/h2-12,14,24H,13,16H2,1H3,(H,28,33). The number of amides is 1. The fourth-order valence-electron chi connectivity index (χ4n) is 3.45. The number of aromatic nitrogens is 4. The third kappa shape index (κ3) is 5.61. The minimum absolute atomic E-state index is 0.281. The Bertz CT molecular complexity index is 1330. The highest BCUT2D eigenvalue weighted by Gasteiger charge is 2.24. The smallest absolute Gasteiger partial charge is 0.249 e. The first kappa shape index (κ1) is 22.6. The molecule has 3 aromatic carbocycles. The van der Waals surface area contributed by atoms with Gasteiger partial charge >= 0.3 is 0 Å². The monoisotopic (exact) mass is 456 g/mol. The Balaban J connectivity index is 1.48. The molecule has 1 heterocycles. The summed E-state index contributed by atoms with van der Waals surface area (Å²) in [7, 11) is 0. The molecule has 0 aliphatic rings. The summed E-state index contributed by atoms with van der Waals surface area (Å²) in [4.78, 5) is 13.2. The molecule has 1 unspecified atom stereocenters. The first-order chi connectivity index (χ1) is 16.5. The molecule has 1 amide bonds. The highest BCUT2D eigenvalue weighted by atomic mass is 19.1. The number of nitrogens with zero attached hydrogens (tertiary/aromatic N) is 5. The molecule has 0 spiro atoms. The topological polar surface area (TPSA) is 106 Å². The summed E-state index contributed by atoms with van der Waals surface area (Å²) >= 11 is 0. The van der Waals surface area contributed by atoms with Crippen molar-refractivity contribution in [2.45, 2.75) is 26.0 Å². The molecule has 1 N–H and O–H groups in total. The van der Waals surface area contributed by atoms with Crippen molar-refractivity contribution >= 4 is 11.6 Å². The summed E-state index contributed by atoms with van der Waals surface area (Å²) in [5.74, 6) is 0.380. The zero-order valence-electron chi connectivity index (χ0n) is 18.4. The number of carbonyl (C=O) groups excluding carboxylic acids is 1. The number of nitrogens with one attached hydrogen (secondary N) is 1. The number of tetrazole rings is 1. The molecule has 0 saturated heterocycles. The number of benzene rings is 3. The van der Waals surface area contributed by atoms with Gasteiger partial charge in [-0.25, -0.2) is 9.07 Å². The fraction of sp³-hybridized carbons (Fsp3) is 0.160. The molecule has 1 aromatic heterocycles. The zero-order valence-corrected chi connectivity index (χ0v) is 18.4. The normalized spacial score (nSPS) is 11.4. The van der Waals surface area contributed by atoms with Gasteiger partial charge in [0.25, 0.3) is 0 Å². The maximum Gasteiger partial charge on any atom is 0.249 e. The van der Waals surface area contributed by atoms with Gasteiger partial charge in [-0.15, -0.1) is 5.10 Å². The van der Waals surface area contributed by atoms with Crippen LogP contribution in [0.25, 0.3) is 0 Å². The Morgan fingerprint density at radius 1 is 1.12 bits per heavy atom. The van der Waals surface area contributed by atoms with Crippen molar-refractivity contribution in [1.82, 2.24) is 20.2 Å². The van der Waals surface area contributed by atoms with Gasteiger partial charge in [0.15, 0.2) is 0 Å². The summed E-state index contributed by atoms with van der Waals surface area (Å²) in [6.07, 6.45) is 0.281. The van der Waals surface area contributed by atoms with Gasteiger partial charge in [0.05, 0.1) is 11.6 Å². The minimum atomic E-state index is -0.737. The molecule has 0 fully saturated rings. The van der Waals surface area contributed by atoms with E-state index >= 15 is 0 Å². The summed E-state index contributed by atoms with van der Waals surface area (Å²) in [5, 5.41) is 23.4. The van der Waals surface area contributed by atoms with Crippen molar-refractivity contribution in [2.24, 2.45) is 0 Å². The van der Waals surface area contributed by atoms with Crippen LogP contribution in [0.2, 0.25) is 0 Å². The van der Waals surface area contributed by atoms with E-state index in [9.17, 15) is 9.18 Å². The van der Waals surface area contributed by atoms with E-state index in [1.54, 1.807) is 61.5 Å². The van der Waals surface area contributed by atoms with E-state index in [-0.39, 0.29) is 24.8 Å². The lowest BCUT2D eigenvalue weighted by Crippen LogP contribution is -2.29. The molecule has 4 rings (SSSR count). The lowest BCUT2D eigenvalue weighted by atomic mass is 10.0. The number of carbonyl (C=O) groups is 1. The second kappa shape index (κ2) is 10.4.